The maximum Gasteiger partial charge on any atom is 0.328 e. The van der Waals surface area contributed by atoms with Gasteiger partial charge in [-0.3, -0.25) is 4.57 Å². The minimum absolute atomic E-state index is 0.0437. The van der Waals surface area contributed by atoms with Gasteiger partial charge in [-0.2, -0.15) is 0 Å². The second kappa shape index (κ2) is 7.61. The monoisotopic (exact) mass is 382 g/mol. The lowest BCUT2D eigenvalue weighted by Crippen LogP contribution is -2.18. The van der Waals surface area contributed by atoms with E-state index in [2.05, 4.69) is 15.3 Å². The first-order valence-electron chi connectivity index (χ1n) is 8.52. The van der Waals surface area contributed by atoms with E-state index in [1.54, 1.807) is 6.07 Å². The van der Waals surface area contributed by atoms with Gasteiger partial charge in [0.1, 0.15) is 24.2 Å². The number of imidazole rings is 1. The Bertz CT molecular complexity index is 1170. The van der Waals surface area contributed by atoms with Crippen LogP contribution in [0, 0.1) is 11.6 Å². The number of anilines is 2. The summed E-state index contributed by atoms with van der Waals surface area (Å²) in [6, 6.07) is 14.4. The molecule has 142 valence electrons. The van der Waals surface area contributed by atoms with E-state index in [9.17, 15) is 13.6 Å². The number of benzene rings is 2. The Morgan fingerprint density at radius 2 is 1.93 bits per heavy atom. The number of nitrogens with zero attached hydrogens (tertiary/aromatic N) is 2. The highest BCUT2D eigenvalue weighted by atomic mass is 19.1. The lowest BCUT2D eigenvalue weighted by atomic mass is 10.2. The van der Waals surface area contributed by atoms with Gasteiger partial charge in [0.2, 0.25) is 0 Å². The predicted molar refractivity (Wildman–Crippen MR) is 101 cm³/mol. The molecule has 0 aliphatic carbocycles. The van der Waals surface area contributed by atoms with Gasteiger partial charge >= 0.3 is 5.69 Å². The van der Waals surface area contributed by atoms with Gasteiger partial charge in [-0.15, -0.1) is 0 Å². The number of hydrogen-bond acceptors (Lipinski definition) is 4. The fraction of sp³-hybridized carbons (Fsp3) is 0.100. The highest BCUT2D eigenvalue weighted by Crippen LogP contribution is 2.21. The Labute approximate surface area is 158 Å². The van der Waals surface area contributed by atoms with Crippen molar-refractivity contribution in [1.82, 2.24) is 14.5 Å². The summed E-state index contributed by atoms with van der Waals surface area (Å²) in [5.74, 6) is -1.09. The van der Waals surface area contributed by atoms with Crippen molar-refractivity contribution < 1.29 is 13.5 Å². The van der Waals surface area contributed by atoms with E-state index in [-0.39, 0.29) is 18.1 Å². The van der Waals surface area contributed by atoms with Crippen molar-refractivity contribution in [2.24, 2.45) is 0 Å². The number of halogens is 2. The van der Waals surface area contributed by atoms with Crippen molar-refractivity contribution in [3.63, 3.8) is 0 Å². The molecular weight excluding hydrogens is 366 g/mol. The Morgan fingerprint density at radius 3 is 2.71 bits per heavy atom. The van der Waals surface area contributed by atoms with Crippen molar-refractivity contribution in [2.45, 2.75) is 13.3 Å². The quantitative estimate of drug-likeness (QED) is 0.530. The van der Waals surface area contributed by atoms with Crippen molar-refractivity contribution >= 4 is 22.5 Å². The predicted octanol–water partition coefficient (Wildman–Crippen LogP) is 3.92. The first-order chi connectivity index (χ1) is 13.6. The van der Waals surface area contributed by atoms with E-state index < -0.39 is 11.6 Å². The van der Waals surface area contributed by atoms with E-state index in [0.717, 1.165) is 17.7 Å². The second-order valence-corrected chi connectivity index (χ2v) is 6.16. The number of aromatic nitrogens is 3. The van der Waals surface area contributed by atoms with Crippen LogP contribution in [0.3, 0.4) is 0 Å². The fourth-order valence-corrected chi connectivity index (χ4v) is 2.81. The Balaban J connectivity index is 1.56. The van der Waals surface area contributed by atoms with Crippen LogP contribution in [0.15, 0.2) is 65.6 Å². The van der Waals surface area contributed by atoms with Crippen LogP contribution in [0.5, 0.6) is 0 Å². The van der Waals surface area contributed by atoms with Crippen molar-refractivity contribution in [3.05, 3.63) is 88.5 Å². The van der Waals surface area contributed by atoms with Gasteiger partial charge in [0.25, 0.3) is 0 Å². The summed E-state index contributed by atoms with van der Waals surface area (Å²) in [7, 11) is 0. The smallest absolute Gasteiger partial charge is 0.328 e. The standard InChI is InChI=1S/C20H16F2N4O2/c21-14-6-7-16(15(22)8-14)24-19-9-18-17(10-23-19)25-20(27)26(18)12-28-11-13-4-2-1-3-5-13/h1-10H,11-12H2,(H,23,24)(H,25,27). The van der Waals surface area contributed by atoms with Gasteiger partial charge < -0.3 is 15.0 Å². The number of nitrogens with one attached hydrogen (secondary N) is 2. The molecule has 8 heteroatoms. The van der Waals surface area contributed by atoms with Crippen LogP contribution >= 0.6 is 0 Å². The Morgan fingerprint density at radius 1 is 1.11 bits per heavy atom. The fourth-order valence-electron chi connectivity index (χ4n) is 2.81. The molecule has 0 amide bonds. The molecule has 0 atom stereocenters. The lowest BCUT2D eigenvalue weighted by Gasteiger charge is -2.09. The number of fused-ring (bicyclic) bond motifs is 1. The van der Waals surface area contributed by atoms with Crippen LogP contribution in [0.2, 0.25) is 0 Å². The second-order valence-electron chi connectivity index (χ2n) is 6.16. The van der Waals surface area contributed by atoms with Crippen LogP contribution < -0.4 is 11.0 Å². The molecule has 2 heterocycles. The topological polar surface area (TPSA) is 71.9 Å². The summed E-state index contributed by atoms with van der Waals surface area (Å²) in [4.78, 5) is 19.1. The average Bonchev–Trinajstić information content (AvgIpc) is 3.00. The van der Waals surface area contributed by atoms with Gasteiger partial charge in [0, 0.05) is 12.1 Å². The van der Waals surface area contributed by atoms with Gasteiger partial charge in [-0.05, 0) is 17.7 Å². The van der Waals surface area contributed by atoms with Crippen molar-refractivity contribution in [2.75, 3.05) is 5.32 Å². The molecule has 0 aliphatic heterocycles. The summed E-state index contributed by atoms with van der Waals surface area (Å²) >= 11 is 0. The molecule has 4 rings (SSSR count). The first kappa shape index (κ1) is 17.9. The molecule has 2 aromatic carbocycles. The summed E-state index contributed by atoms with van der Waals surface area (Å²) < 4.78 is 34.0. The van der Waals surface area contributed by atoms with E-state index in [0.29, 0.717) is 23.5 Å². The SMILES string of the molecule is O=c1[nH]c2cnc(Nc3ccc(F)cc3F)cc2n1COCc1ccccc1. The Hall–Kier alpha value is -3.52. The minimum atomic E-state index is -0.737. The van der Waals surface area contributed by atoms with Gasteiger partial charge in [0.15, 0.2) is 0 Å². The number of pyridine rings is 1. The summed E-state index contributed by atoms with van der Waals surface area (Å²) in [5.41, 5.74) is 1.82. The van der Waals surface area contributed by atoms with Crippen molar-refractivity contribution in [1.29, 1.82) is 0 Å². The van der Waals surface area contributed by atoms with Crippen molar-refractivity contribution in [3.8, 4) is 0 Å². The van der Waals surface area contributed by atoms with E-state index in [4.69, 9.17) is 4.74 Å². The number of hydrogen-bond donors (Lipinski definition) is 2. The molecule has 0 radical (unpaired) electrons. The first-order valence-corrected chi connectivity index (χ1v) is 8.52. The zero-order chi connectivity index (χ0) is 19.5. The van der Waals surface area contributed by atoms with Crippen LogP contribution in [0.4, 0.5) is 20.3 Å². The lowest BCUT2D eigenvalue weighted by molar-refractivity contribution is 0.0645. The molecule has 0 saturated heterocycles. The number of H-pyrrole nitrogens is 1. The molecule has 0 fully saturated rings. The molecule has 0 saturated carbocycles. The maximum atomic E-state index is 13.8. The molecule has 28 heavy (non-hydrogen) atoms. The zero-order valence-electron chi connectivity index (χ0n) is 14.7. The molecule has 4 aromatic rings. The molecule has 2 N–H and O–H groups in total. The Kier molecular flexibility index (Phi) is 4.86. The van der Waals surface area contributed by atoms with Gasteiger partial charge in [0.05, 0.1) is 29.5 Å². The van der Waals surface area contributed by atoms with Gasteiger partial charge in [-0.25, -0.2) is 18.6 Å². The molecule has 6 nitrogen and oxygen atoms in total. The molecular formula is C20H16F2N4O2. The third-order valence-electron chi connectivity index (χ3n) is 4.19. The van der Waals surface area contributed by atoms with Crippen LogP contribution in [0.1, 0.15) is 5.56 Å². The van der Waals surface area contributed by atoms with E-state index >= 15 is 0 Å². The van der Waals surface area contributed by atoms with E-state index in [1.807, 2.05) is 30.3 Å². The van der Waals surface area contributed by atoms with Crippen LogP contribution in [-0.2, 0) is 18.1 Å². The van der Waals surface area contributed by atoms with Crippen LogP contribution in [0.25, 0.3) is 11.0 Å². The molecule has 2 aromatic heterocycles. The summed E-state index contributed by atoms with van der Waals surface area (Å²) in [5, 5.41) is 2.79. The maximum absolute atomic E-state index is 13.8. The molecule has 0 spiro atoms. The molecule has 0 unspecified atom stereocenters. The third-order valence-corrected chi connectivity index (χ3v) is 4.19. The van der Waals surface area contributed by atoms with Gasteiger partial charge in [-0.1, -0.05) is 30.3 Å². The normalized spacial score (nSPS) is 11.1. The van der Waals surface area contributed by atoms with E-state index in [1.165, 1.54) is 16.8 Å². The summed E-state index contributed by atoms with van der Waals surface area (Å²) in [6.45, 7) is 0.402. The zero-order valence-corrected chi connectivity index (χ0v) is 14.7. The van der Waals surface area contributed by atoms with Crippen LogP contribution in [-0.4, -0.2) is 14.5 Å². The average molecular weight is 382 g/mol. The number of aromatic amines is 1. The molecule has 0 bridgehead atoms. The number of rotatable bonds is 6. The highest BCUT2D eigenvalue weighted by Gasteiger charge is 2.10. The summed E-state index contributed by atoms with van der Waals surface area (Å²) in [6.07, 6.45) is 1.47. The minimum Gasteiger partial charge on any atom is -0.356 e. The largest absolute Gasteiger partial charge is 0.356 e. The molecule has 0 aliphatic rings. The highest BCUT2D eigenvalue weighted by molar-refractivity contribution is 5.78. The number of ether oxygens (including phenoxy) is 1. The third kappa shape index (κ3) is 3.77.